The summed E-state index contributed by atoms with van der Waals surface area (Å²) in [6.07, 6.45) is 6.00. The van der Waals surface area contributed by atoms with E-state index in [9.17, 15) is 13.2 Å². The van der Waals surface area contributed by atoms with Crippen LogP contribution in [0.25, 0.3) is 5.52 Å². The first-order valence-corrected chi connectivity index (χ1v) is 13.0. The molecule has 1 aromatic carbocycles. The number of nitrogens with zero attached hydrogens (tertiary/aromatic N) is 4. The molecule has 9 heteroatoms. The van der Waals surface area contributed by atoms with Gasteiger partial charge in [0.05, 0.1) is 30.2 Å². The Morgan fingerprint density at radius 2 is 2.03 bits per heavy atom. The number of fused-ring (bicyclic) bond motifs is 1. The van der Waals surface area contributed by atoms with Gasteiger partial charge in [-0.3, -0.25) is 9.10 Å². The van der Waals surface area contributed by atoms with Gasteiger partial charge in [-0.05, 0) is 55.2 Å². The molecule has 2 aliphatic rings. The minimum Gasteiger partial charge on any atom is -0.379 e. The van der Waals surface area contributed by atoms with E-state index in [2.05, 4.69) is 11.2 Å². The Balaban J connectivity index is 1.34. The van der Waals surface area contributed by atoms with Crippen LogP contribution in [0.3, 0.4) is 0 Å². The maximum atomic E-state index is 13.4. The quantitative estimate of drug-likeness (QED) is 0.588. The third-order valence-corrected chi connectivity index (χ3v) is 8.26. The molecule has 33 heavy (non-hydrogen) atoms. The van der Waals surface area contributed by atoms with Crippen LogP contribution in [-0.2, 0) is 21.2 Å². The molecule has 0 N–H and O–H groups in total. The summed E-state index contributed by atoms with van der Waals surface area (Å²) in [5.74, 6) is 0.216. The number of aromatic nitrogens is 2. The van der Waals surface area contributed by atoms with Crippen molar-refractivity contribution in [2.24, 2.45) is 5.92 Å². The number of carbonyl (C=O) groups is 1. The van der Waals surface area contributed by atoms with Gasteiger partial charge in [-0.15, -0.1) is 0 Å². The molecular formula is C24H28N4O4S. The van der Waals surface area contributed by atoms with E-state index in [0.29, 0.717) is 50.5 Å². The van der Waals surface area contributed by atoms with Crippen LogP contribution in [0.5, 0.6) is 0 Å². The summed E-state index contributed by atoms with van der Waals surface area (Å²) in [5.41, 5.74) is 3.31. The van der Waals surface area contributed by atoms with E-state index < -0.39 is 10.0 Å². The number of benzene rings is 1. The van der Waals surface area contributed by atoms with Gasteiger partial charge < -0.3 is 9.64 Å². The molecule has 174 valence electrons. The zero-order valence-corrected chi connectivity index (χ0v) is 19.3. The van der Waals surface area contributed by atoms with Crippen LogP contribution in [0.2, 0.25) is 0 Å². The highest BCUT2D eigenvalue weighted by atomic mass is 32.2. The number of pyridine rings is 1. The van der Waals surface area contributed by atoms with E-state index in [4.69, 9.17) is 4.74 Å². The number of ether oxygens (including phenoxy) is 1. The SMILES string of the molecule is O=C(c1cccc(N2CCCCS2(=O)=O)c1)N1CCOC[C@@H](Cc2cccn3nccc23)C1. The lowest BCUT2D eigenvalue weighted by Crippen LogP contribution is -2.38. The van der Waals surface area contributed by atoms with Crippen molar-refractivity contribution in [2.45, 2.75) is 19.3 Å². The van der Waals surface area contributed by atoms with Crippen LogP contribution >= 0.6 is 0 Å². The first-order chi connectivity index (χ1) is 16.0. The third kappa shape index (κ3) is 4.60. The predicted molar refractivity (Wildman–Crippen MR) is 126 cm³/mol. The minimum absolute atomic E-state index is 0.0932. The lowest BCUT2D eigenvalue weighted by molar-refractivity contribution is 0.0737. The van der Waals surface area contributed by atoms with E-state index in [0.717, 1.165) is 18.4 Å². The predicted octanol–water partition coefficient (Wildman–Crippen LogP) is 2.60. The van der Waals surface area contributed by atoms with Crippen LogP contribution in [0.15, 0.2) is 54.9 Å². The molecule has 2 aliphatic heterocycles. The number of anilines is 1. The fourth-order valence-electron chi connectivity index (χ4n) is 4.74. The summed E-state index contributed by atoms with van der Waals surface area (Å²) in [6.45, 7) is 2.63. The molecule has 0 spiro atoms. The van der Waals surface area contributed by atoms with E-state index in [1.807, 2.05) is 27.7 Å². The van der Waals surface area contributed by atoms with Crippen molar-refractivity contribution in [3.63, 3.8) is 0 Å². The number of sulfonamides is 1. The van der Waals surface area contributed by atoms with Gasteiger partial charge in [0.15, 0.2) is 0 Å². The van der Waals surface area contributed by atoms with Gasteiger partial charge in [0, 0.05) is 43.5 Å². The summed E-state index contributed by atoms with van der Waals surface area (Å²) in [6, 6.07) is 13.1. The average molecular weight is 469 g/mol. The second-order valence-electron chi connectivity index (χ2n) is 8.74. The van der Waals surface area contributed by atoms with E-state index in [1.165, 1.54) is 9.87 Å². The number of hydrogen-bond donors (Lipinski definition) is 0. The molecule has 2 fully saturated rings. The highest BCUT2D eigenvalue weighted by Gasteiger charge is 2.28. The maximum Gasteiger partial charge on any atom is 0.254 e. The normalized spacial score (nSPS) is 21.2. The second-order valence-corrected chi connectivity index (χ2v) is 10.7. The van der Waals surface area contributed by atoms with Gasteiger partial charge >= 0.3 is 0 Å². The molecule has 0 aliphatic carbocycles. The highest BCUT2D eigenvalue weighted by Crippen LogP contribution is 2.25. The summed E-state index contributed by atoms with van der Waals surface area (Å²) < 4.78 is 34.1. The minimum atomic E-state index is -3.32. The van der Waals surface area contributed by atoms with Crippen LogP contribution in [0.4, 0.5) is 5.69 Å². The molecule has 8 nitrogen and oxygen atoms in total. The largest absolute Gasteiger partial charge is 0.379 e. The van der Waals surface area contributed by atoms with E-state index in [1.54, 1.807) is 30.5 Å². The molecule has 1 atom stereocenters. The molecule has 2 saturated heterocycles. The molecule has 4 heterocycles. The van der Waals surface area contributed by atoms with Gasteiger partial charge in [-0.2, -0.15) is 5.10 Å². The number of rotatable bonds is 4. The van der Waals surface area contributed by atoms with E-state index >= 15 is 0 Å². The molecule has 0 saturated carbocycles. The van der Waals surface area contributed by atoms with E-state index in [-0.39, 0.29) is 17.6 Å². The standard InChI is InChI=1S/C24H28N4O4S/c29-24(21-5-3-7-22(16-21)28-11-1-2-14-33(28,30)31)26-12-13-32-18-19(17-26)15-20-6-4-10-27-23(20)8-9-25-27/h3-10,16,19H,1-2,11-15,17-18H2/t19-/m0/s1. The Hall–Kier alpha value is -2.91. The number of amides is 1. The monoisotopic (exact) mass is 468 g/mol. The smallest absolute Gasteiger partial charge is 0.254 e. The lowest BCUT2D eigenvalue weighted by Gasteiger charge is -2.29. The third-order valence-electron chi connectivity index (χ3n) is 6.39. The number of hydrogen-bond acceptors (Lipinski definition) is 5. The van der Waals surface area contributed by atoms with Gasteiger partial charge in [0.25, 0.3) is 5.91 Å². The van der Waals surface area contributed by atoms with Crippen molar-refractivity contribution >= 4 is 27.1 Å². The summed E-state index contributed by atoms with van der Waals surface area (Å²) in [4.78, 5) is 15.2. The summed E-state index contributed by atoms with van der Waals surface area (Å²) in [5, 5.41) is 4.30. The van der Waals surface area contributed by atoms with Gasteiger partial charge in [0.2, 0.25) is 10.0 Å². The van der Waals surface area contributed by atoms with Crippen molar-refractivity contribution in [2.75, 3.05) is 42.9 Å². The zero-order chi connectivity index (χ0) is 22.8. The number of carbonyl (C=O) groups excluding carboxylic acids is 1. The molecule has 2 aromatic heterocycles. The highest BCUT2D eigenvalue weighted by molar-refractivity contribution is 7.92. The Morgan fingerprint density at radius 1 is 1.12 bits per heavy atom. The topological polar surface area (TPSA) is 84.2 Å². The van der Waals surface area contributed by atoms with Gasteiger partial charge in [0.1, 0.15) is 0 Å². The Labute approximate surface area is 193 Å². The molecule has 3 aromatic rings. The fraction of sp³-hybridized carbons (Fsp3) is 0.417. The molecule has 1 amide bonds. The van der Waals surface area contributed by atoms with Crippen LogP contribution in [0, 0.1) is 5.92 Å². The average Bonchev–Trinajstić information content (AvgIpc) is 3.18. The van der Waals surface area contributed by atoms with Gasteiger partial charge in [-0.25, -0.2) is 12.9 Å². The van der Waals surface area contributed by atoms with Crippen molar-refractivity contribution in [1.82, 2.24) is 14.5 Å². The van der Waals surface area contributed by atoms with Crippen LogP contribution in [-0.4, -0.2) is 67.4 Å². The molecule has 0 radical (unpaired) electrons. The fourth-order valence-corrected chi connectivity index (χ4v) is 6.37. The van der Waals surface area contributed by atoms with Crippen LogP contribution < -0.4 is 4.31 Å². The lowest BCUT2D eigenvalue weighted by atomic mass is 9.99. The van der Waals surface area contributed by atoms with Crippen molar-refractivity contribution < 1.29 is 17.9 Å². The summed E-state index contributed by atoms with van der Waals surface area (Å²) >= 11 is 0. The van der Waals surface area contributed by atoms with Crippen molar-refractivity contribution in [1.29, 1.82) is 0 Å². The Bertz CT molecular complexity index is 1260. The second kappa shape index (κ2) is 9.15. The Kier molecular flexibility index (Phi) is 6.07. The summed E-state index contributed by atoms with van der Waals surface area (Å²) in [7, 11) is -3.32. The zero-order valence-electron chi connectivity index (χ0n) is 18.5. The first kappa shape index (κ1) is 21.9. The maximum absolute atomic E-state index is 13.4. The molecule has 0 bridgehead atoms. The van der Waals surface area contributed by atoms with Gasteiger partial charge in [-0.1, -0.05) is 12.1 Å². The van der Waals surface area contributed by atoms with Crippen molar-refractivity contribution in [3.05, 3.63) is 66.0 Å². The molecule has 5 rings (SSSR count). The Morgan fingerprint density at radius 3 is 2.91 bits per heavy atom. The first-order valence-electron chi connectivity index (χ1n) is 11.4. The van der Waals surface area contributed by atoms with Crippen molar-refractivity contribution in [3.8, 4) is 0 Å². The molecular weight excluding hydrogens is 440 g/mol. The molecule has 0 unspecified atom stereocenters. The van der Waals surface area contributed by atoms with Crippen LogP contribution in [0.1, 0.15) is 28.8 Å².